The van der Waals surface area contributed by atoms with Crippen LogP contribution in [0, 0.1) is 6.92 Å². The fraction of sp³-hybridized carbons (Fsp3) is 0.167. The Morgan fingerprint density at radius 1 is 1.38 bits per heavy atom. The molecule has 0 saturated carbocycles. The van der Waals surface area contributed by atoms with Crippen molar-refractivity contribution in [3.8, 4) is 0 Å². The van der Waals surface area contributed by atoms with Crippen molar-refractivity contribution in [2.24, 2.45) is 0 Å². The fourth-order valence-corrected chi connectivity index (χ4v) is 2.03. The molecule has 21 heavy (non-hydrogen) atoms. The van der Waals surface area contributed by atoms with Gasteiger partial charge in [-0.1, -0.05) is 21.1 Å². The Kier molecular flexibility index (Phi) is 4.53. The van der Waals surface area contributed by atoms with E-state index in [0.29, 0.717) is 21.9 Å². The smallest absolute Gasteiger partial charge is 0.335 e. The second-order valence-electron chi connectivity index (χ2n) is 4.07. The third kappa shape index (κ3) is 4.28. The van der Waals surface area contributed by atoms with E-state index >= 15 is 0 Å². The number of halogens is 1. The Bertz CT molecular complexity index is 686. The summed E-state index contributed by atoms with van der Waals surface area (Å²) in [5.74, 6) is -0.324. The van der Waals surface area contributed by atoms with E-state index in [9.17, 15) is 9.59 Å². The number of aromatic carboxylic acids is 1. The van der Waals surface area contributed by atoms with Crippen molar-refractivity contribution in [2.45, 2.75) is 13.5 Å². The molecule has 0 saturated heterocycles. The van der Waals surface area contributed by atoms with Crippen LogP contribution >= 0.6 is 15.9 Å². The topological polar surface area (TPSA) is 117 Å². The number of aryl methyl sites for hydroxylation is 1. The zero-order valence-corrected chi connectivity index (χ0v) is 12.5. The molecule has 0 spiro atoms. The molecule has 8 nitrogen and oxygen atoms in total. The van der Waals surface area contributed by atoms with Crippen LogP contribution in [0.5, 0.6) is 0 Å². The molecule has 2 aromatic rings. The van der Waals surface area contributed by atoms with E-state index in [4.69, 9.17) is 9.63 Å². The summed E-state index contributed by atoms with van der Waals surface area (Å²) < 4.78 is 5.32. The number of benzene rings is 1. The zero-order valence-electron chi connectivity index (χ0n) is 10.9. The molecule has 110 valence electrons. The maximum Gasteiger partial charge on any atom is 0.335 e. The Hall–Kier alpha value is -2.42. The van der Waals surface area contributed by atoms with Crippen LogP contribution < -0.4 is 10.6 Å². The standard InChI is InChI=1S/C12H11BrN4O4/c1-6-15-10(17-21-6)5-14-12(20)16-9-3-7(11(18)19)2-8(13)4-9/h2-4H,5H2,1H3,(H,18,19)(H2,14,16,20). The zero-order chi connectivity index (χ0) is 15.4. The monoisotopic (exact) mass is 354 g/mol. The van der Waals surface area contributed by atoms with Crippen LogP contribution in [0.3, 0.4) is 0 Å². The molecule has 0 unspecified atom stereocenters. The highest BCUT2D eigenvalue weighted by Gasteiger charge is 2.09. The molecule has 0 aliphatic rings. The van der Waals surface area contributed by atoms with E-state index in [0.717, 1.165) is 0 Å². The molecule has 2 amide bonds. The van der Waals surface area contributed by atoms with Crippen LogP contribution in [-0.4, -0.2) is 27.2 Å². The van der Waals surface area contributed by atoms with Crippen molar-refractivity contribution in [3.63, 3.8) is 0 Å². The number of carboxylic acid groups (broad SMARTS) is 1. The van der Waals surface area contributed by atoms with E-state index in [1.54, 1.807) is 13.0 Å². The second kappa shape index (κ2) is 6.35. The molecule has 0 aliphatic heterocycles. The van der Waals surface area contributed by atoms with E-state index in [2.05, 4.69) is 36.7 Å². The molecular weight excluding hydrogens is 344 g/mol. The first-order valence-electron chi connectivity index (χ1n) is 5.82. The van der Waals surface area contributed by atoms with Crippen LogP contribution in [0.4, 0.5) is 10.5 Å². The molecule has 1 heterocycles. The lowest BCUT2D eigenvalue weighted by Gasteiger charge is -2.07. The third-order valence-electron chi connectivity index (χ3n) is 2.38. The second-order valence-corrected chi connectivity index (χ2v) is 4.99. The van der Waals surface area contributed by atoms with Crippen LogP contribution in [0.15, 0.2) is 27.2 Å². The number of anilines is 1. The molecular formula is C12H11BrN4O4. The van der Waals surface area contributed by atoms with Gasteiger partial charge in [0.2, 0.25) is 5.89 Å². The highest BCUT2D eigenvalue weighted by molar-refractivity contribution is 9.10. The quantitative estimate of drug-likeness (QED) is 0.774. The van der Waals surface area contributed by atoms with Crippen LogP contribution in [0.2, 0.25) is 0 Å². The van der Waals surface area contributed by atoms with E-state index in [1.807, 2.05) is 0 Å². The van der Waals surface area contributed by atoms with Crippen molar-refractivity contribution in [1.82, 2.24) is 15.5 Å². The molecule has 0 aliphatic carbocycles. The van der Waals surface area contributed by atoms with E-state index in [1.165, 1.54) is 12.1 Å². The van der Waals surface area contributed by atoms with Crippen molar-refractivity contribution in [3.05, 3.63) is 40.0 Å². The molecule has 0 bridgehead atoms. The average molecular weight is 355 g/mol. The SMILES string of the molecule is Cc1nc(CNC(=O)Nc2cc(Br)cc(C(=O)O)c2)no1. The van der Waals surface area contributed by atoms with Crippen LogP contribution in [0.25, 0.3) is 0 Å². The Morgan fingerprint density at radius 3 is 2.76 bits per heavy atom. The first-order chi connectivity index (χ1) is 9.94. The molecule has 1 aromatic carbocycles. The first-order valence-corrected chi connectivity index (χ1v) is 6.61. The van der Waals surface area contributed by atoms with Crippen molar-refractivity contribution in [1.29, 1.82) is 0 Å². The van der Waals surface area contributed by atoms with E-state index < -0.39 is 12.0 Å². The largest absolute Gasteiger partial charge is 0.478 e. The minimum atomic E-state index is -1.08. The van der Waals surface area contributed by atoms with Gasteiger partial charge in [-0.3, -0.25) is 0 Å². The number of rotatable bonds is 4. The summed E-state index contributed by atoms with van der Waals surface area (Å²) in [6.45, 7) is 1.74. The predicted octanol–water partition coefficient (Wildman–Crippen LogP) is 2.16. The highest BCUT2D eigenvalue weighted by atomic mass is 79.9. The Labute approximate surface area is 127 Å². The summed E-state index contributed by atoms with van der Waals surface area (Å²) in [4.78, 5) is 26.6. The maximum atomic E-state index is 11.7. The molecule has 0 radical (unpaired) electrons. The van der Waals surface area contributed by atoms with Crippen molar-refractivity contribution in [2.75, 3.05) is 5.32 Å². The van der Waals surface area contributed by atoms with Gasteiger partial charge in [-0.15, -0.1) is 0 Å². The highest BCUT2D eigenvalue weighted by Crippen LogP contribution is 2.19. The number of amides is 2. The minimum Gasteiger partial charge on any atom is -0.478 e. The number of hydrogen-bond acceptors (Lipinski definition) is 5. The van der Waals surface area contributed by atoms with Crippen molar-refractivity contribution < 1.29 is 19.2 Å². The van der Waals surface area contributed by atoms with Crippen LogP contribution in [-0.2, 0) is 6.54 Å². The molecule has 3 N–H and O–H groups in total. The normalized spacial score (nSPS) is 10.2. The molecule has 0 atom stereocenters. The number of nitrogens with one attached hydrogen (secondary N) is 2. The number of carbonyl (C=O) groups is 2. The molecule has 2 rings (SSSR count). The summed E-state index contributed by atoms with van der Waals surface area (Å²) in [6.07, 6.45) is 0. The number of aromatic nitrogens is 2. The minimum absolute atomic E-state index is 0.0634. The number of urea groups is 1. The van der Waals surface area contributed by atoms with Gasteiger partial charge in [-0.05, 0) is 18.2 Å². The van der Waals surface area contributed by atoms with Gasteiger partial charge >= 0.3 is 12.0 Å². The van der Waals surface area contributed by atoms with Gasteiger partial charge in [0.05, 0.1) is 12.1 Å². The number of nitrogens with zero attached hydrogens (tertiary/aromatic N) is 2. The van der Waals surface area contributed by atoms with Crippen molar-refractivity contribution >= 4 is 33.6 Å². The maximum absolute atomic E-state index is 11.7. The Balaban J connectivity index is 1.97. The number of carboxylic acids is 1. The predicted molar refractivity (Wildman–Crippen MR) is 76.0 cm³/mol. The van der Waals surface area contributed by atoms with Gasteiger partial charge < -0.3 is 20.3 Å². The molecule has 0 fully saturated rings. The van der Waals surface area contributed by atoms with Gasteiger partial charge in [-0.2, -0.15) is 4.98 Å². The Morgan fingerprint density at radius 2 is 2.14 bits per heavy atom. The molecule has 9 heteroatoms. The summed E-state index contributed by atoms with van der Waals surface area (Å²) in [5, 5.41) is 17.6. The van der Waals surface area contributed by atoms with Crippen LogP contribution in [0.1, 0.15) is 22.1 Å². The lowest BCUT2D eigenvalue weighted by Crippen LogP contribution is -2.28. The summed E-state index contributed by atoms with van der Waals surface area (Å²) in [6, 6.07) is 3.87. The summed E-state index contributed by atoms with van der Waals surface area (Å²) in [5.41, 5.74) is 0.414. The number of hydrogen-bond donors (Lipinski definition) is 3. The van der Waals surface area contributed by atoms with Gasteiger partial charge in [0.15, 0.2) is 5.82 Å². The van der Waals surface area contributed by atoms with Gasteiger partial charge in [0, 0.05) is 17.1 Å². The van der Waals surface area contributed by atoms with Gasteiger partial charge in [0.1, 0.15) is 0 Å². The van der Waals surface area contributed by atoms with Gasteiger partial charge in [-0.25, -0.2) is 9.59 Å². The summed E-state index contributed by atoms with van der Waals surface area (Å²) >= 11 is 3.18. The lowest BCUT2D eigenvalue weighted by atomic mass is 10.2. The first kappa shape index (κ1) is 15.0. The van der Waals surface area contributed by atoms with E-state index in [-0.39, 0.29) is 12.1 Å². The molecule has 1 aromatic heterocycles. The summed E-state index contributed by atoms with van der Waals surface area (Å²) in [7, 11) is 0. The average Bonchev–Trinajstić information content (AvgIpc) is 2.81. The lowest BCUT2D eigenvalue weighted by molar-refractivity contribution is 0.0697. The van der Waals surface area contributed by atoms with Gasteiger partial charge in [0.25, 0.3) is 0 Å². The fourth-order valence-electron chi connectivity index (χ4n) is 1.53. The third-order valence-corrected chi connectivity index (χ3v) is 2.84. The number of carbonyl (C=O) groups excluding carboxylic acids is 1.